The molecular formula is C11H16ClN3O2. The Morgan fingerprint density at radius 3 is 2.94 bits per heavy atom. The van der Waals surface area contributed by atoms with E-state index in [0.29, 0.717) is 18.7 Å². The molecule has 1 amide bonds. The van der Waals surface area contributed by atoms with E-state index in [4.69, 9.17) is 22.1 Å². The van der Waals surface area contributed by atoms with Gasteiger partial charge in [0.2, 0.25) is 0 Å². The third-order valence-corrected chi connectivity index (χ3v) is 2.27. The van der Waals surface area contributed by atoms with E-state index in [0.717, 1.165) is 0 Å². The minimum Gasteiger partial charge on any atom is -0.382 e. The lowest BCUT2D eigenvalue weighted by Crippen LogP contribution is -2.28. The van der Waals surface area contributed by atoms with Crippen molar-refractivity contribution in [2.24, 2.45) is 0 Å². The fourth-order valence-corrected chi connectivity index (χ4v) is 1.30. The molecule has 94 valence electrons. The van der Waals surface area contributed by atoms with Gasteiger partial charge in [0.15, 0.2) is 0 Å². The lowest BCUT2D eigenvalue weighted by Gasteiger charge is -2.08. The number of hydrogen-bond donors (Lipinski definition) is 2. The lowest BCUT2D eigenvalue weighted by atomic mass is 10.2. The number of rotatable bonds is 5. The van der Waals surface area contributed by atoms with Crippen LogP contribution in [0, 0.1) is 0 Å². The zero-order chi connectivity index (χ0) is 12.8. The molecule has 5 nitrogen and oxygen atoms in total. The van der Waals surface area contributed by atoms with Crippen molar-refractivity contribution in [2.75, 3.05) is 18.9 Å². The molecule has 0 spiro atoms. The third-order valence-electron chi connectivity index (χ3n) is 1.97. The summed E-state index contributed by atoms with van der Waals surface area (Å²) in [5, 5.41) is 2.97. The summed E-state index contributed by atoms with van der Waals surface area (Å²) < 4.78 is 5.29. The number of amides is 1. The molecule has 0 radical (unpaired) electrons. The molecule has 0 unspecified atom stereocenters. The molecule has 0 atom stereocenters. The maximum Gasteiger partial charge on any atom is 0.252 e. The smallest absolute Gasteiger partial charge is 0.252 e. The number of nitrogen functional groups attached to an aromatic ring is 1. The van der Waals surface area contributed by atoms with Crippen LogP contribution in [0.4, 0.5) is 5.82 Å². The van der Waals surface area contributed by atoms with E-state index in [-0.39, 0.29) is 22.9 Å². The monoisotopic (exact) mass is 257 g/mol. The zero-order valence-electron chi connectivity index (χ0n) is 9.87. The average Bonchev–Trinajstić information content (AvgIpc) is 2.27. The zero-order valence-corrected chi connectivity index (χ0v) is 10.6. The van der Waals surface area contributed by atoms with Gasteiger partial charge in [-0.25, -0.2) is 4.98 Å². The van der Waals surface area contributed by atoms with Gasteiger partial charge in [-0.2, -0.15) is 0 Å². The van der Waals surface area contributed by atoms with E-state index in [9.17, 15) is 4.79 Å². The number of halogens is 1. The van der Waals surface area contributed by atoms with Crippen LogP contribution in [0.5, 0.6) is 0 Å². The van der Waals surface area contributed by atoms with Gasteiger partial charge in [0, 0.05) is 12.7 Å². The van der Waals surface area contributed by atoms with Gasteiger partial charge in [0.05, 0.1) is 23.3 Å². The van der Waals surface area contributed by atoms with Crippen LogP contribution in [-0.4, -0.2) is 30.1 Å². The Balaban J connectivity index is 2.44. The molecule has 1 rings (SSSR count). The molecule has 1 aromatic rings. The molecule has 0 bridgehead atoms. The summed E-state index contributed by atoms with van der Waals surface area (Å²) >= 11 is 5.77. The van der Waals surface area contributed by atoms with Gasteiger partial charge in [-0.1, -0.05) is 11.6 Å². The van der Waals surface area contributed by atoms with Gasteiger partial charge in [0.1, 0.15) is 5.82 Å². The number of nitrogens with one attached hydrogen (secondary N) is 1. The highest BCUT2D eigenvalue weighted by Gasteiger charge is 2.07. The second-order valence-electron chi connectivity index (χ2n) is 3.77. The van der Waals surface area contributed by atoms with Crippen LogP contribution in [0.2, 0.25) is 5.02 Å². The molecule has 0 aromatic carbocycles. The van der Waals surface area contributed by atoms with Gasteiger partial charge in [-0.15, -0.1) is 0 Å². The van der Waals surface area contributed by atoms with E-state index >= 15 is 0 Å². The highest BCUT2D eigenvalue weighted by Crippen LogP contribution is 2.16. The molecule has 0 fully saturated rings. The fraction of sp³-hybridized carbons (Fsp3) is 0.455. The maximum atomic E-state index is 11.6. The first-order chi connectivity index (χ1) is 8.00. The first-order valence-electron chi connectivity index (χ1n) is 5.31. The summed E-state index contributed by atoms with van der Waals surface area (Å²) in [5.41, 5.74) is 5.83. The molecular weight excluding hydrogens is 242 g/mol. The van der Waals surface area contributed by atoms with Crippen molar-refractivity contribution in [1.29, 1.82) is 0 Å². The number of nitrogens with two attached hydrogens (primary N) is 1. The number of nitrogens with zero attached hydrogens (tertiary/aromatic N) is 1. The average molecular weight is 258 g/mol. The maximum absolute atomic E-state index is 11.6. The van der Waals surface area contributed by atoms with Crippen LogP contribution in [0.15, 0.2) is 12.3 Å². The Hall–Kier alpha value is -1.33. The molecule has 6 heteroatoms. The summed E-state index contributed by atoms with van der Waals surface area (Å²) in [7, 11) is 0. The van der Waals surface area contributed by atoms with E-state index < -0.39 is 0 Å². The molecule has 0 saturated carbocycles. The third kappa shape index (κ3) is 4.58. The normalized spacial score (nSPS) is 10.6. The standard InChI is InChI=1S/C11H16ClN3O2/c1-7(2)17-4-3-14-11(16)8-5-9(12)10(13)15-6-8/h5-7H,3-4H2,1-2H3,(H2,13,15)(H,14,16). The van der Waals surface area contributed by atoms with Gasteiger partial charge >= 0.3 is 0 Å². The van der Waals surface area contributed by atoms with Gasteiger partial charge < -0.3 is 15.8 Å². The van der Waals surface area contributed by atoms with E-state index in [1.807, 2.05) is 13.8 Å². The number of aromatic nitrogens is 1. The van der Waals surface area contributed by atoms with E-state index in [1.54, 1.807) is 0 Å². The van der Waals surface area contributed by atoms with Crippen molar-refractivity contribution >= 4 is 23.3 Å². The molecule has 17 heavy (non-hydrogen) atoms. The van der Waals surface area contributed by atoms with Crippen LogP contribution in [0.3, 0.4) is 0 Å². The summed E-state index contributed by atoms with van der Waals surface area (Å²) in [6, 6.07) is 1.49. The van der Waals surface area contributed by atoms with Gasteiger partial charge in [-0.3, -0.25) is 4.79 Å². The topological polar surface area (TPSA) is 77.2 Å². The molecule has 0 aliphatic carbocycles. The van der Waals surface area contributed by atoms with E-state index in [1.165, 1.54) is 12.3 Å². The molecule has 0 aliphatic rings. The Bertz CT molecular complexity index is 396. The predicted molar refractivity (Wildman–Crippen MR) is 67.1 cm³/mol. The van der Waals surface area contributed by atoms with Crippen molar-refractivity contribution in [2.45, 2.75) is 20.0 Å². The van der Waals surface area contributed by atoms with Crippen molar-refractivity contribution in [3.63, 3.8) is 0 Å². The number of hydrogen-bond acceptors (Lipinski definition) is 4. The molecule has 0 aliphatic heterocycles. The fourth-order valence-electron chi connectivity index (χ4n) is 1.13. The molecule has 0 saturated heterocycles. The van der Waals surface area contributed by atoms with Crippen molar-refractivity contribution < 1.29 is 9.53 Å². The van der Waals surface area contributed by atoms with Crippen LogP contribution in [0.25, 0.3) is 0 Å². The summed E-state index contributed by atoms with van der Waals surface area (Å²) in [6.45, 7) is 4.79. The summed E-state index contributed by atoms with van der Waals surface area (Å²) in [6.07, 6.45) is 1.54. The largest absolute Gasteiger partial charge is 0.382 e. The lowest BCUT2D eigenvalue weighted by molar-refractivity contribution is 0.0746. The highest BCUT2D eigenvalue weighted by atomic mass is 35.5. The Morgan fingerprint density at radius 1 is 1.65 bits per heavy atom. The highest BCUT2D eigenvalue weighted by molar-refractivity contribution is 6.33. The Labute approximate surface area is 105 Å². The Kier molecular flexibility index (Phi) is 5.18. The predicted octanol–water partition coefficient (Wildman–Crippen LogP) is 1.47. The van der Waals surface area contributed by atoms with Crippen molar-refractivity contribution in [3.8, 4) is 0 Å². The number of anilines is 1. The quantitative estimate of drug-likeness (QED) is 0.783. The number of carbonyl (C=O) groups is 1. The van der Waals surface area contributed by atoms with Crippen LogP contribution < -0.4 is 11.1 Å². The molecule has 1 aromatic heterocycles. The number of carbonyl (C=O) groups excluding carboxylic acids is 1. The number of pyridine rings is 1. The Morgan fingerprint density at radius 2 is 2.35 bits per heavy atom. The minimum absolute atomic E-state index is 0.152. The van der Waals surface area contributed by atoms with Crippen molar-refractivity contribution in [1.82, 2.24) is 10.3 Å². The van der Waals surface area contributed by atoms with Crippen molar-refractivity contribution in [3.05, 3.63) is 22.8 Å². The first kappa shape index (κ1) is 13.7. The van der Waals surface area contributed by atoms with Gasteiger partial charge in [0.25, 0.3) is 5.91 Å². The van der Waals surface area contributed by atoms with Crippen LogP contribution in [0.1, 0.15) is 24.2 Å². The van der Waals surface area contributed by atoms with Crippen LogP contribution >= 0.6 is 11.6 Å². The molecule has 3 N–H and O–H groups in total. The second kappa shape index (κ2) is 6.42. The van der Waals surface area contributed by atoms with Gasteiger partial charge in [-0.05, 0) is 19.9 Å². The summed E-state index contributed by atoms with van der Waals surface area (Å²) in [4.78, 5) is 15.5. The number of ether oxygens (including phenoxy) is 1. The van der Waals surface area contributed by atoms with E-state index in [2.05, 4.69) is 10.3 Å². The SMILES string of the molecule is CC(C)OCCNC(=O)c1cnc(N)c(Cl)c1. The molecule has 1 heterocycles. The minimum atomic E-state index is -0.244. The summed E-state index contributed by atoms with van der Waals surface area (Å²) in [5.74, 6) is -0.0295. The first-order valence-corrected chi connectivity index (χ1v) is 5.69. The second-order valence-corrected chi connectivity index (χ2v) is 4.17. The van der Waals surface area contributed by atoms with Crippen LogP contribution in [-0.2, 0) is 4.74 Å².